The minimum atomic E-state index is -0.385. The Balaban J connectivity index is 1.33. The van der Waals surface area contributed by atoms with Crippen LogP contribution in [-0.2, 0) is 6.54 Å². The van der Waals surface area contributed by atoms with E-state index >= 15 is 0 Å². The van der Waals surface area contributed by atoms with Crippen molar-refractivity contribution in [3.05, 3.63) is 87.1 Å². The summed E-state index contributed by atoms with van der Waals surface area (Å²) in [5.74, 6) is -0.649. The number of piperazine rings is 1. The minimum absolute atomic E-state index is 0.186. The van der Waals surface area contributed by atoms with Crippen molar-refractivity contribution in [3.8, 4) is 0 Å². The number of benzene rings is 2. The van der Waals surface area contributed by atoms with Crippen molar-refractivity contribution in [2.75, 3.05) is 44.6 Å². The number of amides is 2. The highest BCUT2D eigenvalue weighted by molar-refractivity contribution is 7.08. The second-order valence-corrected chi connectivity index (χ2v) is 9.55. The Morgan fingerprint density at radius 2 is 1.78 bits per heavy atom. The van der Waals surface area contributed by atoms with Crippen LogP contribution in [0, 0.1) is 6.92 Å². The van der Waals surface area contributed by atoms with E-state index in [1.54, 1.807) is 23.0 Å². The van der Waals surface area contributed by atoms with E-state index in [4.69, 9.17) is 5.11 Å². The fourth-order valence-electron chi connectivity index (χ4n) is 4.02. The number of aryl methyl sites for hydroxylation is 1. The fourth-order valence-corrected chi connectivity index (χ4v) is 4.78. The lowest BCUT2D eigenvalue weighted by molar-refractivity contribution is 0.0956. The monoisotopic (exact) mass is 505 g/mol. The van der Waals surface area contributed by atoms with Crippen molar-refractivity contribution >= 4 is 35.1 Å². The van der Waals surface area contributed by atoms with E-state index in [2.05, 4.69) is 25.6 Å². The summed E-state index contributed by atoms with van der Waals surface area (Å²) >= 11 is 1.34. The van der Waals surface area contributed by atoms with Crippen LogP contribution in [-0.4, -0.2) is 72.3 Å². The molecule has 3 aromatic rings. The quantitative estimate of drug-likeness (QED) is 0.307. The number of β-amino-alcohol motifs (C(OH)–C–C–N with tert-alkyl or cyclic N) is 1. The van der Waals surface area contributed by atoms with Crippen molar-refractivity contribution in [1.82, 2.24) is 15.2 Å². The van der Waals surface area contributed by atoms with Crippen LogP contribution in [0.2, 0.25) is 0 Å². The molecule has 36 heavy (non-hydrogen) atoms. The maximum Gasteiger partial charge on any atom is 0.274 e. The molecule has 0 bridgehead atoms. The summed E-state index contributed by atoms with van der Waals surface area (Å²) in [6, 6.07) is 15.4. The highest BCUT2D eigenvalue weighted by Gasteiger charge is 2.18. The summed E-state index contributed by atoms with van der Waals surface area (Å²) in [4.78, 5) is 30.2. The second kappa shape index (κ2) is 12.5. The van der Waals surface area contributed by atoms with Gasteiger partial charge in [-0.1, -0.05) is 42.0 Å². The number of nitrogens with zero attached hydrogens (tertiary/aromatic N) is 3. The van der Waals surface area contributed by atoms with Crippen molar-refractivity contribution in [2.24, 2.45) is 5.10 Å². The number of aliphatic hydroxyl groups is 1. The maximum absolute atomic E-state index is 13.0. The van der Waals surface area contributed by atoms with Crippen LogP contribution in [0.5, 0.6) is 0 Å². The van der Waals surface area contributed by atoms with Gasteiger partial charge in [-0.05, 0) is 30.2 Å². The van der Waals surface area contributed by atoms with E-state index in [-0.39, 0.29) is 18.4 Å². The standard InChI is InChI=1S/C27H31N5O3S/c1-20-5-7-21(8-6-20)16-28-30-27(35)24-18-36-19-25(24)29-26(34)23-4-2-3-22(15-23)17-32-11-9-31(10-12-32)13-14-33/h2-8,15-16,18-19,33H,9-14,17H2,1H3,(H,29,34)(H,30,35). The number of hydrogen-bond donors (Lipinski definition) is 3. The predicted octanol–water partition coefficient (Wildman–Crippen LogP) is 3.18. The van der Waals surface area contributed by atoms with Gasteiger partial charge >= 0.3 is 0 Å². The third-order valence-electron chi connectivity index (χ3n) is 6.09. The van der Waals surface area contributed by atoms with E-state index in [0.29, 0.717) is 23.4 Å². The predicted molar refractivity (Wildman–Crippen MR) is 144 cm³/mol. The third-order valence-corrected chi connectivity index (χ3v) is 6.83. The van der Waals surface area contributed by atoms with E-state index in [1.807, 2.05) is 49.4 Å². The minimum Gasteiger partial charge on any atom is -0.395 e. The molecule has 0 atom stereocenters. The fraction of sp³-hybridized carbons (Fsp3) is 0.296. The van der Waals surface area contributed by atoms with Gasteiger partial charge in [0.15, 0.2) is 0 Å². The van der Waals surface area contributed by atoms with Crippen LogP contribution in [0.1, 0.15) is 37.4 Å². The number of thiophene rings is 1. The molecule has 1 aliphatic heterocycles. The van der Waals surface area contributed by atoms with Gasteiger partial charge < -0.3 is 10.4 Å². The molecular weight excluding hydrogens is 474 g/mol. The Bertz CT molecular complexity index is 1200. The Kier molecular flexibility index (Phi) is 8.96. The molecule has 1 fully saturated rings. The third kappa shape index (κ3) is 7.08. The zero-order chi connectivity index (χ0) is 25.3. The number of anilines is 1. The molecule has 188 valence electrons. The van der Waals surface area contributed by atoms with Crippen LogP contribution in [0.15, 0.2) is 64.4 Å². The molecule has 4 rings (SSSR count). The Morgan fingerprint density at radius 1 is 1.03 bits per heavy atom. The first-order chi connectivity index (χ1) is 17.5. The van der Waals surface area contributed by atoms with Gasteiger partial charge in [-0.25, -0.2) is 5.43 Å². The molecule has 2 heterocycles. The molecular formula is C27H31N5O3S. The summed E-state index contributed by atoms with van der Waals surface area (Å²) in [6.07, 6.45) is 1.58. The molecule has 0 radical (unpaired) electrons. The van der Waals surface area contributed by atoms with Gasteiger partial charge in [-0.2, -0.15) is 5.10 Å². The van der Waals surface area contributed by atoms with Gasteiger partial charge in [0.2, 0.25) is 0 Å². The van der Waals surface area contributed by atoms with Crippen molar-refractivity contribution in [2.45, 2.75) is 13.5 Å². The molecule has 3 N–H and O–H groups in total. The summed E-state index contributed by atoms with van der Waals surface area (Å²) in [6.45, 7) is 7.38. The van der Waals surface area contributed by atoms with Gasteiger partial charge in [-0.15, -0.1) is 11.3 Å². The van der Waals surface area contributed by atoms with Gasteiger partial charge in [-0.3, -0.25) is 19.4 Å². The van der Waals surface area contributed by atoms with Crippen LogP contribution in [0.25, 0.3) is 0 Å². The van der Waals surface area contributed by atoms with Gasteiger partial charge in [0.25, 0.3) is 11.8 Å². The zero-order valence-corrected chi connectivity index (χ0v) is 21.1. The number of carbonyl (C=O) groups is 2. The van der Waals surface area contributed by atoms with Crippen molar-refractivity contribution < 1.29 is 14.7 Å². The molecule has 0 spiro atoms. The maximum atomic E-state index is 13.0. The Morgan fingerprint density at radius 3 is 2.53 bits per heavy atom. The smallest absolute Gasteiger partial charge is 0.274 e. The Hall–Kier alpha value is -3.37. The van der Waals surface area contributed by atoms with Crippen LogP contribution in [0.4, 0.5) is 5.69 Å². The second-order valence-electron chi connectivity index (χ2n) is 8.80. The zero-order valence-electron chi connectivity index (χ0n) is 20.3. The van der Waals surface area contributed by atoms with E-state index in [9.17, 15) is 9.59 Å². The number of hydrazone groups is 1. The molecule has 1 saturated heterocycles. The molecule has 9 heteroatoms. The van der Waals surface area contributed by atoms with Crippen molar-refractivity contribution in [1.29, 1.82) is 0 Å². The summed E-state index contributed by atoms with van der Waals surface area (Å²) in [5, 5.41) is 19.4. The lowest BCUT2D eigenvalue weighted by atomic mass is 10.1. The average Bonchev–Trinajstić information content (AvgIpc) is 3.35. The number of carbonyl (C=O) groups excluding carboxylic acids is 2. The molecule has 2 amide bonds. The lowest BCUT2D eigenvalue weighted by Crippen LogP contribution is -2.46. The first kappa shape index (κ1) is 25.7. The van der Waals surface area contributed by atoms with Crippen molar-refractivity contribution in [3.63, 3.8) is 0 Å². The largest absolute Gasteiger partial charge is 0.395 e. The van der Waals surface area contributed by atoms with Gasteiger partial charge in [0.1, 0.15) is 0 Å². The summed E-state index contributed by atoms with van der Waals surface area (Å²) in [5.41, 5.74) is 6.99. The van der Waals surface area contributed by atoms with E-state index in [1.165, 1.54) is 11.3 Å². The van der Waals surface area contributed by atoms with Gasteiger partial charge in [0, 0.05) is 55.6 Å². The van der Waals surface area contributed by atoms with Crippen LogP contribution in [0.3, 0.4) is 0 Å². The van der Waals surface area contributed by atoms with Crippen LogP contribution >= 0.6 is 11.3 Å². The molecule has 1 aromatic heterocycles. The number of rotatable bonds is 9. The molecule has 0 saturated carbocycles. The molecule has 2 aromatic carbocycles. The summed E-state index contributed by atoms with van der Waals surface area (Å²) < 4.78 is 0. The molecule has 0 unspecified atom stereocenters. The Labute approximate surface area is 215 Å². The van der Waals surface area contributed by atoms with E-state index in [0.717, 1.165) is 49.4 Å². The normalized spacial score (nSPS) is 14.7. The van der Waals surface area contributed by atoms with Crippen LogP contribution < -0.4 is 10.7 Å². The number of hydrogen-bond acceptors (Lipinski definition) is 7. The SMILES string of the molecule is Cc1ccc(C=NNC(=O)c2cscc2NC(=O)c2cccc(CN3CCN(CCO)CC3)c2)cc1. The molecule has 1 aliphatic rings. The average molecular weight is 506 g/mol. The first-order valence-corrected chi connectivity index (χ1v) is 12.9. The molecule has 8 nitrogen and oxygen atoms in total. The highest BCUT2D eigenvalue weighted by atomic mass is 32.1. The first-order valence-electron chi connectivity index (χ1n) is 11.9. The topological polar surface area (TPSA) is 97.3 Å². The lowest BCUT2D eigenvalue weighted by Gasteiger charge is -2.34. The summed E-state index contributed by atoms with van der Waals surface area (Å²) in [7, 11) is 0. The highest BCUT2D eigenvalue weighted by Crippen LogP contribution is 2.22. The number of nitrogens with one attached hydrogen (secondary N) is 2. The van der Waals surface area contributed by atoms with E-state index < -0.39 is 0 Å². The van der Waals surface area contributed by atoms with Gasteiger partial charge in [0.05, 0.1) is 24.1 Å². The molecule has 0 aliphatic carbocycles. The number of aliphatic hydroxyl groups excluding tert-OH is 1.